The molecule has 0 unspecified atom stereocenters. The maximum Gasteiger partial charge on any atom is 0.221 e. The molecule has 1 aromatic heterocycles. The van der Waals surface area contributed by atoms with Gasteiger partial charge in [0.25, 0.3) is 0 Å². The quantitative estimate of drug-likeness (QED) is 0.776. The van der Waals surface area contributed by atoms with E-state index in [0.717, 1.165) is 15.7 Å². The van der Waals surface area contributed by atoms with E-state index in [9.17, 15) is 0 Å². The first-order valence-electron chi connectivity index (χ1n) is 7.39. The zero-order valence-corrected chi connectivity index (χ0v) is 15.3. The summed E-state index contributed by atoms with van der Waals surface area (Å²) in [7, 11) is 0. The summed E-state index contributed by atoms with van der Waals surface area (Å²) in [6, 6.07) is 3.80. The predicted molar refractivity (Wildman–Crippen MR) is 95.4 cm³/mol. The standard InChI is InChI=1S/C16H21BrN4O2/c1-5-22-14-7-12(6-13(17)15(14)23-10(2)3)8-19-21-9-11(4)20-16(21)18/h6-10H,5H2,1-4H3,(H2,18,20). The van der Waals surface area contributed by atoms with E-state index in [2.05, 4.69) is 26.0 Å². The second-order valence-electron chi connectivity index (χ2n) is 5.26. The fraction of sp³-hybridized carbons (Fsp3) is 0.375. The SMILES string of the molecule is CCOc1cc(C=Nn2cc(C)nc2N)cc(Br)c1OC(C)C. The molecule has 2 rings (SSSR count). The average molecular weight is 381 g/mol. The normalized spacial score (nSPS) is 11.4. The van der Waals surface area contributed by atoms with Crippen molar-refractivity contribution in [2.45, 2.75) is 33.8 Å². The molecule has 2 N–H and O–H groups in total. The van der Waals surface area contributed by atoms with Crippen molar-refractivity contribution < 1.29 is 9.47 Å². The number of hydrogen-bond donors (Lipinski definition) is 1. The maximum absolute atomic E-state index is 5.82. The largest absolute Gasteiger partial charge is 0.490 e. The highest BCUT2D eigenvalue weighted by molar-refractivity contribution is 9.10. The molecule has 1 aromatic carbocycles. The second kappa shape index (κ2) is 7.50. The maximum atomic E-state index is 5.82. The van der Waals surface area contributed by atoms with E-state index in [-0.39, 0.29) is 6.10 Å². The Bertz CT molecular complexity index is 710. The van der Waals surface area contributed by atoms with Crippen LogP contribution in [0.5, 0.6) is 11.5 Å². The van der Waals surface area contributed by atoms with E-state index >= 15 is 0 Å². The fourth-order valence-electron chi connectivity index (χ4n) is 2.00. The first kappa shape index (κ1) is 17.3. The number of hydrogen-bond acceptors (Lipinski definition) is 5. The molecule has 124 valence electrons. The molecule has 0 saturated heterocycles. The molecule has 1 heterocycles. The van der Waals surface area contributed by atoms with Crippen LogP contribution in [0.3, 0.4) is 0 Å². The molecular weight excluding hydrogens is 360 g/mol. The van der Waals surface area contributed by atoms with Gasteiger partial charge in [-0.15, -0.1) is 0 Å². The highest BCUT2D eigenvalue weighted by atomic mass is 79.9. The number of anilines is 1. The minimum atomic E-state index is 0.0544. The number of rotatable bonds is 6. The number of nitrogens with zero attached hydrogens (tertiary/aromatic N) is 3. The van der Waals surface area contributed by atoms with Gasteiger partial charge in [0.2, 0.25) is 5.95 Å². The van der Waals surface area contributed by atoms with Crippen LogP contribution >= 0.6 is 15.9 Å². The van der Waals surface area contributed by atoms with Crippen molar-refractivity contribution >= 4 is 28.1 Å². The molecule has 0 radical (unpaired) electrons. The first-order valence-corrected chi connectivity index (χ1v) is 8.18. The molecule has 0 fully saturated rings. The Labute approximate surface area is 144 Å². The van der Waals surface area contributed by atoms with Crippen molar-refractivity contribution in [3.8, 4) is 11.5 Å². The van der Waals surface area contributed by atoms with Crippen LogP contribution in [0.15, 0.2) is 27.9 Å². The van der Waals surface area contributed by atoms with Gasteiger partial charge in [0, 0.05) is 0 Å². The fourth-order valence-corrected chi connectivity index (χ4v) is 2.55. The molecule has 0 bridgehead atoms. The van der Waals surface area contributed by atoms with Crippen molar-refractivity contribution in [2.75, 3.05) is 12.3 Å². The van der Waals surface area contributed by atoms with Gasteiger partial charge in [-0.1, -0.05) is 0 Å². The van der Waals surface area contributed by atoms with Gasteiger partial charge in [-0.2, -0.15) is 5.10 Å². The molecule has 0 saturated carbocycles. The summed E-state index contributed by atoms with van der Waals surface area (Å²) < 4.78 is 13.8. The molecule has 0 spiro atoms. The third-order valence-electron chi connectivity index (χ3n) is 2.85. The summed E-state index contributed by atoms with van der Waals surface area (Å²) in [4.78, 5) is 4.11. The minimum Gasteiger partial charge on any atom is -0.490 e. The summed E-state index contributed by atoms with van der Waals surface area (Å²) in [6.07, 6.45) is 3.52. The Kier molecular flexibility index (Phi) is 5.65. The lowest BCUT2D eigenvalue weighted by Crippen LogP contribution is -2.08. The van der Waals surface area contributed by atoms with Gasteiger partial charge in [0.15, 0.2) is 11.5 Å². The molecule has 7 heteroatoms. The smallest absolute Gasteiger partial charge is 0.221 e. The van der Waals surface area contributed by atoms with Crippen LogP contribution in [0.1, 0.15) is 32.0 Å². The molecule has 2 aromatic rings. The number of nitrogen functional groups attached to an aromatic ring is 1. The number of benzene rings is 1. The van der Waals surface area contributed by atoms with E-state index in [1.54, 1.807) is 12.4 Å². The molecular formula is C16H21BrN4O2. The van der Waals surface area contributed by atoms with Gasteiger partial charge in [-0.3, -0.25) is 0 Å². The number of aryl methyl sites for hydroxylation is 1. The lowest BCUT2D eigenvalue weighted by molar-refractivity contribution is 0.222. The summed E-state index contributed by atoms with van der Waals surface area (Å²) >= 11 is 3.53. The van der Waals surface area contributed by atoms with Crippen LogP contribution in [-0.2, 0) is 0 Å². The van der Waals surface area contributed by atoms with Gasteiger partial charge < -0.3 is 15.2 Å². The van der Waals surface area contributed by atoms with Crippen LogP contribution in [0.4, 0.5) is 5.95 Å². The Morgan fingerprint density at radius 2 is 2.17 bits per heavy atom. The van der Waals surface area contributed by atoms with Crippen LogP contribution in [0, 0.1) is 6.92 Å². The molecule has 0 amide bonds. The molecule has 0 aliphatic carbocycles. The van der Waals surface area contributed by atoms with Gasteiger partial charge in [-0.25, -0.2) is 9.66 Å². The van der Waals surface area contributed by atoms with Crippen molar-refractivity contribution in [1.29, 1.82) is 0 Å². The molecule has 6 nitrogen and oxygen atoms in total. The van der Waals surface area contributed by atoms with Crippen molar-refractivity contribution in [3.05, 3.63) is 34.1 Å². The summed E-state index contributed by atoms with van der Waals surface area (Å²) in [5.41, 5.74) is 7.46. The van der Waals surface area contributed by atoms with Crippen molar-refractivity contribution in [2.24, 2.45) is 5.10 Å². The zero-order chi connectivity index (χ0) is 17.0. The van der Waals surface area contributed by atoms with Gasteiger partial charge >= 0.3 is 0 Å². The van der Waals surface area contributed by atoms with Crippen molar-refractivity contribution in [1.82, 2.24) is 9.66 Å². The van der Waals surface area contributed by atoms with E-state index in [1.165, 1.54) is 4.68 Å². The number of halogens is 1. The molecule has 0 aliphatic rings. The lowest BCUT2D eigenvalue weighted by Gasteiger charge is -2.16. The Morgan fingerprint density at radius 3 is 2.74 bits per heavy atom. The van der Waals surface area contributed by atoms with Gasteiger partial charge in [-0.05, 0) is 61.3 Å². The van der Waals surface area contributed by atoms with E-state index in [0.29, 0.717) is 24.1 Å². The highest BCUT2D eigenvalue weighted by Crippen LogP contribution is 2.37. The van der Waals surface area contributed by atoms with Crippen LogP contribution < -0.4 is 15.2 Å². The second-order valence-corrected chi connectivity index (χ2v) is 6.11. The third-order valence-corrected chi connectivity index (χ3v) is 3.44. The van der Waals surface area contributed by atoms with E-state index in [1.807, 2.05) is 39.8 Å². The topological polar surface area (TPSA) is 74.7 Å². The van der Waals surface area contributed by atoms with E-state index < -0.39 is 0 Å². The minimum absolute atomic E-state index is 0.0544. The zero-order valence-electron chi connectivity index (χ0n) is 13.7. The van der Waals surface area contributed by atoms with Crippen LogP contribution in [0.25, 0.3) is 0 Å². The molecule has 0 atom stereocenters. The Balaban J connectivity index is 2.34. The van der Waals surface area contributed by atoms with Crippen LogP contribution in [-0.4, -0.2) is 28.6 Å². The monoisotopic (exact) mass is 380 g/mol. The van der Waals surface area contributed by atoms with Gasteiger partial charge in [0.05, 0.1) is 35.3 Å². The Morgan fingerprint density at radius 1 is 1.43 bits per heavy atom. The Hall–Kier alpha value is -2.02. The van der Waals surface area contributed by atoms with Crippen LogP contribution in [0.2, 0.25) is 0 Å². The first-order chi connectivity index (χ1) is 10.9. The number of nitrogens with two attached hydrogens (primary N) is 1. The number of imidazole rings is 1. The summed E-state index contributed by atoms with van der Waals surface area (Å²) in [5.74, 6) is 1.71. The highest BCUT2D eigenvalue weighted by Gasteiger charge is 2.13. The average Bonchev–Trinajstić information content (AvgIpc) is 2.78. The third kappa shape index (κ3) is 4.48. The predicted octanol–water partition coefficient (Wildman–Crippen LogP) is 3.60. The van der Waals surface area contributed by atoms with Gasteiger partial charge in [0.1, 0.15) is 0 Å². The molecule has 0 aliphatic heterocycles. The summed E-state index contributed by atoms with van der Waals surface area (Å²) in [6.45, 7) is 8.30. The number of ether oxygens (including phenoxy) is 2. The van der Waals surface area contributed by atoms with E-state index in [4.69, 9.17) is 15.2 Å². The number of aromatic nitrogens is 2. The van der Waals surface area contributed by atoms with Crippen molar-refractivity contribution in [3.63, 3.8) is 0 Å². The molecule has 23 heavy (non-hydrogen) atoms. The lowest BCUT2D eigenvalue weighted by atomic mass is 10.2. The summed E-state index contributed by atoms with van der Waals surface area (Å²) in [5, 5.41) is 4.32.